The molecule has 1 saturated heterocycles. The van der Waals surface area contributed by atoms with E-state index in [1.54, 1.807) is 0 Å². The number of carbonyl (C=O) groups is 1. The molecule has 28 heavy (non-hydrogen) atoms. The number of halogens is 1. The third-order valence-electron chi connectivity index (χ3n) is 4.80. The van der Waals surface area contributed by atoms with E-state index in [1.165, 1.54) is 0 Å². The Morgan fingerprint density at radius 3 is 2.43 bits per heavy atom. The van der Waals surface area contributed by atoms with Crippen LogP contribution in [0.1, 0.15) is 23.1 Å². The highest BCUT2D eigenvalue weighted by Gasteiger charge is 2.18. The molecule has 1 aliphatic rings. The van der Waals surface area contributed by atoms with Gasteiger partial charge in [0.2, 0.25) is 0 Å². The number of aromatic nitrogens is 2. The Bertz CT molecular complexity index is 820. The molecule has 0 aliphatic carbocycles. The third-order valence-corrected chi connectivity index (χ3v) is 5.10. The van der Waals surface area contributed by atoms with Crippen molar-refractivity contribution in [2.24, 2.45) is 11.5 Å². The number of anilines is 3. The predicted octanol–water partition coefficient (Wildman–Crippen LogP) is 1.62. The van der Waals surface area contributed by atoms with Crippen molar-refractivity contribution in [3.8, 4) is 0 Å². The summed E-state index contributed by atoms with van der Waals surface area (Å²) >= 11 is 6.15. The minimum Gasteiger partial charge on any atom is -0.369 e. The van der Waals surface area contributed by atoms with Gasteiger partial charge < -0.3 is 21.7 Å². The van der Waals surface area contributed by atoms with Gasteiger partial charge in [-0.1, -0.05) is 18.5 Å². The molecule has 9 heteroatoms. The highest BCUT2D eigenvalue weighted by molar-refractivity contribution is 6.30. The van der Waals surface area contributed by atoms with E-state index in [4.69, 9.17) is 23.1 Å². The first-order valence-electron chi connectivity index (χ1n) is 9.42. The maximum absolute atomic E-state index is 11.7. The number of nitrogens with two attached hydrogens (primary N) is 2. The van der Waals surface area contributed by atoms with Crippen molar-refractivity contribution >= 4 is 34.7 Å². The maximum Gasteiger partial charge on any atom is 0.271 e. The van der Waals surface area contributed by atoms with Crippen molar-refractivity contribution in [3.63, 3.8) is 0 Å². The minimum absolute atomic E-state index is 0.0846. The molecule has 1 fully saturated rings. The molecule has 0 atom stereocenters. The molecule has 0 bridgehead atoms. The van der Waals surface area contributed by atoms with Crippen molar-refractivity contribution < 1.29 is 4.79 Å². The molecule has 1 amide bonds. The average molecular weight is 404 g/mol. The summed E-state index contributed by atoms with van der Waals surface area (Å²) in [5.74, 6) is -0.383. The van der Waals surface area contributed by atoms with E-state index in [0.29, 0.717) is 18.7 Å². The van der Waals surface area contributed by atoms with Crippen LogP contribution in [0.5, 0.6) is 0 Å². The molecule has 1 aromatic heterocycles. The molecule has 1 aromatic carbocycles. The van der Waals surface area contributed by atoms with Gasteiger partial charge in [-0.05, 0) is 30.7 Å². The Morgan fingerprint density at radius 2 is 1.86 bits per heavy atom. The number of carbonyl (C=O) groups excluding carboxylic acids is 1. The number of aryl methyl sites for hydroxylation is 1. The molecule has 5 N–H and O–H groups in total. The normalized spacial score (nSPS) is 14.9. The number of primary amides is 1. The fourth-order valence-corrected chi connectivity index (χ4v) is 3.50. The second-order valence-corrected chi connectivity index (χ2v) is 7.02. The number of rotatable bonds is 7. The summed E-state index contributed by atoms with van der Waals surface area (Å²) in [4.78, 5) is 25.0. The number of piperazine rings is 1. The number of nitrogens with zero attached hydrogens (tertiary/aromatic N) is 4. The second kappa shape index (κ2) is 9.18. The summed E-state index contributed by atoms with van der Waals surface area (Å²) in [6, 6.07) is 7.96. The lowest BCUT2D eigenvalue weighted by atomic mass is 10.2. The van der Waals surface area contributed by atoms with Crippen molar-refractivity contribution in [2.75, 3.05) is 49.5 Å². The van der Waals surface area contributed by atoms with E-state index in [2.05, 4.69) is 25.1 Å². The first kappa shape index (κ1) is 20.3. The van der Waals surface area contributed by atoms with Crippen molar-refractivity contribution in [2.45, 2.75) is 13.3 Å². The quantitative estimate of drug-likeness (QED) is 0.643. The zero-order chi connectivity index (χ0) is 20.1. The Labute approximate surface area is 169 Å². The molecule has 0 unspecified atom stereocenters. The number of hydrogen-bond acceptors (Lipinski definition) is 7. The minimum atomic E-state index is -0.645. The molecule has 2 heterocycles. The first-order chi connectivity index (χ1) is 13.5. The van der Waals surface area contributed by atoms with E-state index < -0.39 is 5.91 Å². The zero-order valence-corrected chi connectivity index (χ0v) is 16.7. The number of benzene rings is 1. The molecule has 0 saturated carbocycles. The van der Waals surface area contributed by atoms with Crippen molar-refractivity contribution in [3.05, 3.63) is 40.8 Å². The van der Waals surface area contributed by atoms with Crippen LogP contribution in [0.25, 0.3) is 0 Å². The second-order valence-electron chi connectivity index (χ2n) is 6.67. The molecule has 3 rings (SSSR count). The Balaban J connectivity index is 1.71. The lowest BCUT2D eigenvalue weighted by molar-refractivity contribution is 0.0996. The Morgan fingerprint density at radius 1 is 1.18 bits per heavy atom. The molecule has 150 valence electrons. The van der Waals surface area contributed by atoms with Crippen LogP contribution in [0.4, 0.5) is 17.2 Å². The summed E-state index contributed by atoms with van der Waals surface area (Å²) < 4.78 is 0. The van der Waals surface area contributed by atoms with Crippen LogP contribution in [0, 0.1) is 0 Å². The van der Waals surface area contributed by atoms with Gasteiger partial charge in [0.05, 0.1) is 5.69 Å². The van der Waals surface area contributed by atoms with Gasteiger partial charge in [0, 0.05) is 50.6 Å². The topological polar surface area (TPSA) is 113 Å². The Kier molecular flexibility index (Phi) is 6.66. The standard InChI is InChI=1S/C19H26ClN7O/c1-2-15-17(20)25-19(16(24-15)18(22)28)23-13-3-5-14(6-4-13)27-11-9-26(8-7-21)10-12-27/h3-6H,2,7-12,21H2,1H3,(H2,22,28)(H,23,25). The van der Waals surface area contributed by atoms with Crippen LogP contribution in [-0.4, -0.2) is 60.0 Å². The summed E-state index contributed by atoms with van der Waals surface area (Å²) in [7, 11) is 0. The number of hydrogen-bond donors (Lipinski definition) is 3. The highest BCUT2D eigenvalue weighted by atomic mass is 35.5. The predicted molar refractivity (Wildman–Crippen MR) is 112 cm³/mol. The van der Waals surface area contributed by atoms with Crippen LogP contribution >= 0.6 is 11.6 Å². The number of nitrogens with one attached hydrogen (secondary N) is 1. The largest absolute Gasteiger partial charge is 0.369 e. The van der Waals surface area contributed by atoms with Gasteiger partial charge in [0.15, 0.2) is 16.7 Å². The van der Waals surface area contributed by atoms with E-state index in [9.17, 15) is 4.79 Å². The van der Waals surface area contributed by atoms with Gasteiger partial charge in [0.25, 0.3) is 5.91 Å². The molecule has 0 radical (unpaired) electrons. The van der Waals surface area contributed by atoms with Crippen LogP contribution in [0.3, 0.4) is 0 Å². The molecule has 0 spiro atoms. The fourth-order valence-electron chi connectivity index (χ4n) is 3.24. The summed E-state index contributed by atoms with van der Waals surface area (Å²) in [5.41, 5.74) is 13.6. The van der Waals surface area contributed by atoms with Crippen LogP contribution in [0.2, 0.25) is 5.15 Å². The van der Waals surface area contributed by atoms with E-state index in [-0.39, 0.29) is 16.7 Å². The SMILES string of the molecule is CCc1nc(C(N)=O)c(Nc2ccc(N3CCN(CCN)CC3)cc2)nc1Cl. The maximum atomic E-state index is 11.7. The first-order valence-corrected chi connectivity index (χ1v) is 9.80. The van der Waals surface area contributed by atoms with E-state index in [0.717, 1.165) is 44.1 Å². The summed E-state index contributed by atoms with van der Waals surface area (Å²) in [6.45, 7) is 7.49. The highest BCUT2D eigenvalue weighted by Crippen LogP contribution is 2.24. The van der Waals surface area contributed by atoms with Crippen molar-refractivity contribution in [1.82, 2.24) is 14.9 Å². The summed E-state index contributed by atoms with van der Waals surface area (Å²) in [5, 5.41) is 3.37. The van der Waals surface area contributed by atoms with Gasteiger partial charge in [-0.25, -0.2) is 9.97 Å². The summed E-state index contributed by atoms with van der Waals surface area (Å²) in [6.07, 6.45) is 0.569. The fraction of sp³-hybridized carbons (Fsp3) is 0.421. The van der Waals surface area contributed by atoms with Gasteiger partial charge in [-0.3, -0.25) is 9.69 Å². The van der Waals surface area contributed by atoms with E-state index in [1.807, 2.05) is 31.2 Å². The molecular weight excluding hydrogens is 378 g/mol. The lowest BCUT2D eigenvalue weighted by Crippen LogP contribution is -2.47. The smallest absolute Gasteiger partial charge is 0.271 e. The van der Waals surface area contributed by atoms with Crippen LogP contribution in [-0.2, 0) is 6.42 Å². The van der Waals surface area contributed by atoms with E-state index >= 15 is 0 Å². The van der Waals surface area contributed by atoms with Gasteiger partial charge in [-0.15, -0.1) is 0 Å². The lowest BCUT2D eigenvalue weighted by Gasteiger charge is -2.36. The van der Waals surface area contributed by atoms with Gasteiger partial charge in [0.1, 0.15) is 0 Å². The van der Waals surface area contributed by atoms with Crippen LogP contribution in [0.15, 0.2) is 24.3 Å². The molecule has 8 nitrogen and oxygen atoms in total. The average Bonchev–Trinajstić information content (AvgIpc) is 2.69. The number of amides is 1. The van der Waals surface area contributed by atoms with Crippen molar-refractivity contribution in [1.29, 1.82) is 0 Å². The zero-order valence-electron chi connectivity index (χ0n) is 16.0. The van der Waals surface area contributed by atoms with Gasteiger partial charge in [-0.2, -0.15) is 0 Å². The van der Waals surface area contributed by atoms with Crippen LogP contribution < -0.4 is 21.7 Å². The molecular formula is C19H26ClN7O. The molecule has 1 aliphatic heterocycles. The third kappa shape index (κ3) is 4.70. The Hall–Kier alpha value is -2.42. The van der Waals surface area contributed by atoms with Gasteiger partial charge >= 0.3 is 0 Å². The monoisotopic (exact) mass is 403 g/mol. The molecule has 2 aromatic rings.